The summed E-state index contributed by atoms with van der Waals surface area (Å²) < 4.78 is 31.8. The first kappa shape index (κ1) is 20.6. The monoisotopic (exact) mass is 428 g/mol. The summed E-state index contributed by atoms with van der Waals surface area (Å²) in [6.07, 6.45) is 2.48. The first-order valence-corrected chi connectivity index (χ1v) is 11.5. The van der Waals surface area contributed by atoms with Gasteiger partial charge in [-0.05, 0) is 62.1 Å². The molecule has 1 atom stereocenters. The second-order valence-electron chi connectivity index (χ2n) is 7.66. The van der Waals surface area contributed by atoms with Gasteiger partial charge in [-0.2, -0.15) is 4.31 Å². The molecule has 0 aromatic heterocycles. The summed E-state index contributed by atoms with van der Waals surface area (Å²) in [5.74, 6) is -0.942. The fourth-order valence-corrected chi connectivity index (χ4v) is 5.58. The maximum atomic E-state index is 12.7. The smallest absolute Gasteiger partial charge is 0.338 e. The number of anilines is 1. The molecule has 2 aromatic rings. The normalized spacial score (nSPS) is 19.0. The van der Waals surface area contributed by atoms with E-state index in [1.54, 1.807) is 4.90 Å². The number of fused-ring (bicyclic) bond motifs is 1. The number of amides is 1. The van der Waals surface area contributed by atoms with Crippen LogP contribution in [0.2, 0.25) is 0 Å². The lowest BCUT2D eigenvalue weighted by atomic mass is 10.1. The first-order chi connectivity index (χ1) is 14.4. The number of esters is 1. The van der Waals surface area contributed by atoms with Crippen LogP contribution in [0.4, 0.5) is 5.69 Å². The van der Waals surface area contributed by atoms with Gasteiger partial charge in [-0.15, -0.1) is 0 Å². The molecule has 0 radical (unpaired) electrons. The Morgan fingerprint density at radius 2 is 1.70 bits per heavy atom. The van der Waals surface area contributed by atoms with Gasteiger partial charge in [0.05, 0.1) is 10.5 Å². The molecule has 0 aliphatic carbocycles. The molecule has 0 unspecified atom stereocenters. The van der Waals surface area contributed by atoms with Crippen molar-refractivity contribution in [3.8, 4) is 0 Å². The molecule has 0 N–H and O–H groups in total. The molecule has 1 amide bonds. The van der Waals surface area contributed by atoms with E-state index in [-0.39, 0.29) is 29.0 Å². The molecule has 1 fully saturated rings. The Balaban J connectivity index is 1.39. The maximum absolute atomic E-state index is 12.7. The molecule has 0 spiro atoms. The molecule has 2 heterocycles. The predicted molar refractivity (Wildman–Crippen MR) is 112 cm³/mol. The molecule has 2 aliphatic heterocycles. The number of nitrogens with zero attached hydrogens (tertiary/aromatic N) is 2. The third-order valence-corrected chi connectivity index (χ3v) is 7.51. The lowest BCUT2D eigenvalue weighted by Crippen LogP contribution is -2.38. The van der Waals surface area contributed by atoms with E-state index >= 15 is 0 Å². The van der Waals surface area contributed by atoms with Gasteiger partial charge in [0.15, 0.2) is 6.61 Å². The molecule has 8 heteroatoms. The topological polar surface area (TPSA) is 84.0 Å². The standard InChI is InChI=1S/C22H24N2O5S/c1-16-14-18-6-2-3-7-20(18)24(16)21(25)15-29-22(26)17-8-10-19(11-9-17)30(27,28)23-12-4-5-13-23/h2-3,6-11,16H,4-5,12-15H2,1H3/t16-/m0/s1. The van der Waals surface area contributed by atoms with E-state index in [2.05, 4.69) is 0 Å². The molecule has 158 valence electrons. The third kappa shape index (κ3) is 3.85. The zero-order valence-corrected chi connectivity index (χ0v) is 17.6. The summed E-state index contributed by atoms with van der Waals surface area (Å²) >= 11 is 0. The van der Waals surface area contributed by atoms with Crippen LogP contribution in [0.15, 0.2) is 53.4 Å². The van der Waals surface area contributed by atoms with Gasteiger partial charge in [-0.1, -0.05) is 18.2 Å². The molecular formula is C22H24N2O5S. The van der Waals surface area contributed by atoms with Crippen molar-refractivity contribution < 1.29 is 22.7 Å². The summed E-state index contributed by atoms with van der Waals surface area (Å²) in [5, 5.41) is 0. The molecule has 1 saturated heterocycles. The van der Waals surface area contributed by atoms with Crippen LogP contribution in [0, 0.1) is 0 Å². The summed E-state index contributed by atoms with van der Waals surface area (Å²) in [4.78, 5) is 26.8. The third-order valence-electron chi connectivity index (χ3n) is 5.60. The maximum Gasteiger partial charge on any atom is 0.338 e. The molecular weight excluding hydrogens is 404 g/mol. The largest absolute Gasteiger partial charge is 0.452 e. The van der Waals surface area contributed by atoms with Crippen LogP contribution in [0.25, 0.3) is 0 Å². The number of hydrogen-bond donors (Lipinski definition) is 0. The van der Waals surface area contributed by atoms with Crippen LogP contribution in [0.1, 0.15) is 35.7 Å². The Morgan fingerprint density at radius 3 is 2.40 bits per heavy atom. The van der Waals surface area contributed by atoms with Crippen LogP contribution in [0.3, 0.4) is 0 Å². The minimum atomic E-state index is -3.53. The fourth-order valence-electron chi connectivity index (χ4n) is 4.07. The highest BCUT2D eigenvalue weighted by atomic mass is 32.2. The van der Waals surface area contributed by atoms with Crippen LogP contribution in [0.5, 0.6) is 0 Å². The van der Waals surface area contributed by atoms with Crippen LogP contribution in [-0.2, 0) is 26.0 Å². The van der Waals surface area contributed by atoms with Crippen molar-refractivity contribution in [1.29, 1.82) is 0 Å². The number of rotatable bonds is 5. The van der Waals surface area contributed by atoms with Crippen molar-refractivity contribution in [1.82, 2.24) is 4.31 Å². The molecule has 2 aromatic carbocycles. The van der Waals surface area contributed by atoms with Crippen LogP contribution in [-0.4, -0.2) is 50.3 Å². The van der Waals surface area contributed by atoms with E-state index in [0.29, 0.717) is 13.1 Å². The van der Waals surface area contributed by atoms with Gasteiger partial charge in [-0.25, -0.2) is 13.2 Å². The quantitative estimate of drug-likeness (QED) is 0.684. The second kappa shape index (κ2) is 8.20. The van der Waals surface area contributed by atoms with Crippen molar-refractivity contribution in [2.45, 2.75) is 37.1 Å². The van der Waals surface area contributed by atoms with Gasteiger partial charge in [0, 0.05) is 24.8 Å². The van der Waals surface area contributed by atoms with Gasteiger partial charge in [0.1, 0.15) is 0 Å². The lowest BCUT2D eigenvalue weighted by molar-refractivity contribution is -0.122. The molecule has 4 rings (SSSR count). The summed E-state index contributed by atoms with van der Waals surface area (Å²) in [6.45, 7) is 2.63. The van der Waals surface area contributed by atoms with Crippen LogP contribution < -0.4 is 4.90 Å². The highest BCUT2D eigenvalue weighted by Gasteiger charge is 2.31. The Bertz CT molecular complexity index is 1060. The highest BCUT2D eigenvalue weighted by Crippen LogP contribution is 2.31. The van der Waals surface area contributed by atoms with Gasteiger partial charge < -0.3 is 9.64 Å². The van der Waals surface area contributed by atoms with E-state index in [1.807, 2.05) is 31.2 Å². The zero-order chi connectivity index (χ0) is 21.3. The summed E-state index contributed by atoms with van der Waals surface area (Å²) in [7, 11) is -3.53. The van der Waals surface area contributed by atoms with Crippen molar-refractivity contribution in [2.75, 3.05) is 24.6 Å². The molecule has 2 aliphatic rings. The Hall–Kier alpha value is -2.71. The van der Waals surface area contributed by atoms with Crippen molar-refractivity contribution >= 4 is 27.6 Å². The van der Waals surface area contributed by atoms with Gasteiger partial charge in [0.2, 0.25) is 10.0 Å². The Morgan fingerprint density at radius 1 is 1.03 bits per heavy atom. The van der Waals surface area contributed by atoms with E-state index in [0.717, 1.165) is 30.5 Å². The minimum absolute atomic E-state index is 0.00341. The Labute approximate surface area is 176 Å². The second-order valence-corrected chi connectivity index (χ2v) is 9.60. The summed E-state index contributed by atoms with van der Waals surface area (Å²) in [6, 6.07) is 13.3. The van der Waals surface area contributed by atoms with Gasteiger partial charge in [0.25, 0.3) is 5.91 Å². The highest BCUT2D eigenvalue weighted by molar-refractivity contribution is 7.89. The van der Waals surface area contributed by atoms with Crippen molar-refractivity contribution in [3.63, 3.8) is 0 Å². The molecule has 7 nitrogen and oxygen atoms in total. The van der Waals surface area contributed by atoms with Crippen molar-refractivity contribution in [3.05, 3.63) is 59.7 Å². The Kier molecular flexibility index (Phi) is 5.62. The van der Waals surface area contributed by atoms with Crippen molar-refractivity contribution in [2.24, 2.45) is 0 Å². The van der Waals surface area contributed by atoms with E-state index < -0.39 is 16.0 Å². The summed E-state index contributed by atoms with van der Waals surface area (Å²) in [5.41, 5.74) is 2.15. The number of para-hydroxylation sites is 1. The fraction of sp³-hybridized carbons (Fsp3) is 0.364. The SMILES string of the molecule is C[C@H]1Cc2ccccc2N1C(=O)COC(=O)c1ccc(S(=O)(=O)N2CCCC2)cc1. The minimum Gasteiger partial charge on any atom is -0.452 e. The first-order valence-electron chi connectivity index (χ1n) is 10.1. The molecule has 0 saturated carbocycles. The average Bonchev–Trinajstić information content (AvgIpc) is 3.39. The lowest BCUT2D eigenvalue weighted by Gasteiger charge is -2.22. The van der Waals surface area contributed by atoms with E-state index in [1.165, 1.54) is 28.6 Å². The average molecular weight is 429 g/mol. The number of carbonyl (C=O) groups is 2. The number of sulfonamides is 1. The van der Waals surface area contributed by atoms with E-state index in [9.17, 15) is 18.0 Å². The predicted octanol–water partition coefficient (Wildman–Crippen LogP) is 2.61. The van der Waals surface area contributed by atoms with Crippen LogP contribution >= 0.6 is 0 Å². The number of carbonyl (C=O) groups excluding carboxylic acids is 2. The number of hydrogen-bond acceptors (Lipinski definition) is 5. The van der Waals surface area contributed by atoms with E-state index in [4.69, 9.17) is 4.74 Å². The zero-order valence-electron chi connectivity index (χ0n) is 16.8. The molecule has 30 heavy (non-hydrogen) atoms. The number of benzene rings is 2. The van der Waals surface area contributed by atoms with Gasteiger partial charge in [-0.3, -0.25) is 4.79 Å². The van der Waals surface area contributed by atoms with Gasteiger partial charge >= 0.3 is 5.97 Å². The number of ether oxygens (including phenoxy) is 1. The molecule has 0 bridgehead atoms.